The van der Waals surface area contributed by atoms with E-state index in [2.05, 4.69) is 63.7 Å². The number of aryl methyl sites for hydroxylation is 4. The number of unbranched alkanes of at least 4 members (excludes halogenated alkanes) is 2. The number of nitrogens with zero attached hydrogens (tertiary/aromatic N) is 8. The summed E-state index contributed by atoms with van der Waals surface area (Å²) in [5.41, 5.74) is 3.06. The highest BCUT2D eigenvalue weighted by atomic mass is 32.2. The minimum absolute atomic E-state index is 0.0312. The molecule has 0 radical (unpaired) electrons. The van der Waals surface area contributed by atoms with Crippen molar-refractivity contribution in [3.8, 4) is 5.75 Å². The van der Waals surface area contributed by atoms with Gasteiger partial charge in [-0.05, 0) is 55.4 Å². The second-order valence-corrected chi connectivity index (χ2v) is 25.9. The highest BCUT2D eigenvalue weighted by molar-refractivity contribution is 7.91. The maximum Gasteiger partial charge on any atom is 0.230 e. The first-order valence-electron chi connectivity index (χ1n) is 27.6. The number of ketones is 3. The van der Waals surface area contributed by atoms with E-state index in [-0.39, 0.29) is 85.1 Å². The quantitative estimate of drug-likeness (QED) is 0.0250. The number of nitrogens with one attached hydrogen (secondary N) is 3. The molecular formula is C59H65N11O9S5. The van der Waals surface area contributed by atoms with Gasteiger partial charge in [-0.15, -0.1) is 52.1 Å². The van der Waals surface area contributed by atoms with Crippen LogP contribution in [0.4, 0.5) is 15.4 Å². The molecule has 0 aliphatic carbocycles. The smallest absolute Gasteiger partial charge is 0.230 e. The van der Waals surface area contributed by atoms with Gasteiger partial charge < -0.3 is 20.7 Å². The number of Topliss-reactive ketones (excluding diaryl/α,β-unsaturated/α-hetero) is 3. The summed E-state index contributed by atoms with van der Waals surface area (Å²) < 4.78 is 30.9. The van der Waals surface area contributed by atoms with E-state index in [0.29, 0.717) is 80.3 Å². The van der Waals surface area contributed by atoms with E-state index in [1.807, 2.05) is 91.0 Å². The Morgan fingerprint density at radius 2 is 0.857 bits per heavy atom. The standard InChI is InChI=1S/C31H33N5O4S2.C28H32N6O5S3/c37-24(15-9-16-25(38)22-11-3-1-4-12-22)21-30-35-33-28(41-30)19-7-8-20-29-34-36-31(42-29)32-27(40)18-10-17-26(39)23-13-5-2-6-14-23;1-2-3-15-39-22-11-9-21(10-12-22)19-24(36)30-28-34-32-26(41-28)14-17-42(37,38)16-13-25-31-33-27(40-25)29-23(35)18-20-7-5-4-6-8-20/h1-6,11-14H,7-10,15-21H2,(H,32,36,40);4-12H,2-3,13-19H2,1H3,(H,29,33,35)(H,30,34,36). The largest absolute Gasteiger partial charge is 0.494 e. The van der Waals surface area contributed by atoms with Crippen molar-refractivity contribution >= 4 is 106 Å². The van der Waals surface area contributed by atoms with Gasteiger partial charge in [0.1, 0.15) is 36.6 Å². The number of aromatic nitrogens is 8. The third-order valence-electron chi connectivity index (χ3n) is 12.4. The number of hydrogen-bond acceptors (Lipinski definition) is 21. The van der Waals surface area contributed by atoms with Crippen molar-refractivity contribution in [2.24, 2.45) is 0 Å². The molecule has 0 aliphatic rings. The summed E-state index contributed by atoms with van der Waals surface area (Å²) >= 11 is 5.12. The minimum Gasteiger partial charge on any atom is -0.494 e. The van der Waals surface area contributed by atoms with Crippen LogP contribution in [0.1, 0.15) is 128 Å². The van der Waals surface area contributed by atoms with Gasteiger partial charge in [-0.3, -0.25) is 28.8 Å². The number of hydrogen-bond donors (Lipinski definition) is 3. The number of carbonyl (C=O) groups is 6. The normalized spacial score (nSPS) is 11.1. The Bertz CT molecular complexity index is 3370. The Kier molecular flexibility index (Phi) is 26.0. The Balaban J connectivity index is 0.000000241. The van der Waals surface area contributed by atoms with Crippen molar-refractivity contribution in [2.45, 2.75) is 116 Å². The molecule has 0 atom stereocenters. The van der Waals surface area contributed by atoms with Gasteiger partial charge in [0.05, 0.1) is 37.4 Å². The second kappa shape index (κ2) is 34.2. The molecule has 4 aromatic carbocycles. The lowest BCUT2D eigenvalue weighted by Crippen LogP contribution is -2.14. The summed E-state index contributed by atoms with van der Waals surface area (Å²) in [5.74, 6) is 0.0784. The van der Waals surface area contributed by atoms with Crippen LogP contribution in [0.15, 0.2) is 115 Å². The molecule has 3 amide bonds. The van der Waals surface area contributed by atoms with Crippen molar-refractivity contribution in [2.75, 3.05) is 34.1 Å². The summed E-state index contributed by atoms with van der Waals surface area (Å²) in [6, 6.07) is 34.9. The van der Waals surface area contributed by atoms with E-state index >= 15 is 0 Å². The highest BCUT2D eigenvalue weighted by Gasteiger charge is 2.18. The van der Waals surface area contributed by atoms with Gasteiger partial charge in [0.25, 0.3) is 0 Å². The fourth-order valence-electron chi connectivity index (χ4n) is 7.98. The Morgan fingerprint density at radius 1 is 0.429 bits per heavy atom. The predicted octanol–water partition coefficient (Wildman–Crippen LogP) is 10.2. The molecule has 4 aromatic heterocycles. The summed E-state index contributed by atoms with van der Waals surface area (Å²) in [5, 5.41) is 45.3. The lowest BCUT2D eigenvalue weighted by molar-refractivity contribution is -0.118. The molecule has 3 N–H and O–H groups in total. The maximum atomic E-state index is 12.6. The maximum absolute atomic E-state index is 12.6. The molecule has 25 heteroatoms. The average molecular weight is 1230 g/mol. The molecule has 8 aromatic rings. The molecule has 84 heavy (non-hydrogen) atoms. The summed E-state index contributed by atoms with van der Waals surface area (Å²) in [6.07, 6.45) is 8.63. The number of rotatable bonds is 34. The number of carbonyl (C=O) groups excluding carboxylic acids is 6. The molecule has 8 rings (SSSR count). The molecule has 0 bridgehead atoms. The van der Waals surface area contributed by atoms with Gasteiger partial charge >= 0.3 is 0 Å². The van der Waals surface area contributed by atoms with E-state index in [4.69, 9.17) is 4.74 Å². The average Bonchev–Trinajstić information content (AvgIpc) is 4.36. The van der Waals surface area contributed by atoms with Crippen molar-refractivity contribution < 1.29 is 41.9 Å². The first-order valence-corrected chi connectivity index (χ1v) is 32.6. The van der Waals surface area contributed by atoms with Crippen molar-refractivity contribution in [3.05, 3.63) is 163 Å². The van der Waals surface area contributed by atoms with E-state index in [9.17, 15) is 37.2 Å². The number of anilines is 3. The fraction of sp³-hybridized carbons (Fsp3) is 0.356. The van der Waals surface area contributed by atoms with Crippen LogP contribution in [0.5, 0.6) is 5.75 Å². The zero-order chi connectivity index (χ0) is 59.4. The predicted molar refractivity (Wildman–Crippen MR) is 327 cm³/mol. The van der Waals surface area contributed by atoms with Gasteiger partial charge in [0, 0.05) is 62.5 Å². The summed E-state index contributed by atoms with van der Waals surface area (Å²) in [4.78, 5) is 73.5. The summed E-state index contributed by atoms with van der Waals surface area (Å²) in [7, 11) is -3.41. The lowest BCUT2D eigenvalue weighted by Gasteiger charge is -2.06. The topological polar surface area (TPSA) is 285 Å². The molecule has 0 unspecified atom stereocenters. The monoisotopic (exact) mass is 1230 g/mol. The first kappa shape index (κ1) is 63.9. The van der Waals surface area contributed by atoms with Crippen molar-refractivity contribution in [1.29, 1.82) is 0 Å². The van der Waals surface area contributed by atoms with Crippen LogP contribution in [-0.4, -0.2) is 102 Å². The van der Waals surface area contributed by atoms with Crippen LogP contribution >= 0.6 is 45.3 Å². The van der Waals surface area contributed by atoms with Gasteiger partial charge in [0.15, 0.2) is 21.4 Å². The van der Waals surface area contributed by atoms with Gasteiger partial charge in [0.2, 0.25) is 33.1 Å². The minimum atomic E-state index is -3.41. The molecule has 0 spiro atoms. The Morgan fingerprint density at radius 3 is 1.37 bits per heavy atom. The van der Waals surface area contributed by atoms with E-state index in [1.54, 1.807) is 24.3 Å². The summed E-state index contributed by atoms with van der Waals surface area (Å²) in [6.45, 7) is 2.77. The van der Waals surface area contributed by atoms with E-state index in [1.165, 1.54) is 22.7 Å². The number of sulfone groups is 1. The highest BCUT2D eigenvalue weighted by Crippen LogP contribution is 2.23. The zero-order valence-corrected chi connectivity index (χ0v) is 50.5. The molecule has 0 saturated heterocycles. The molecule has 440 valence electrons. The molecule has 0 saturated carbocycles. The first-order chi connectivity index (χ1) is 40.7. The van der Waals surface area contributed by atoms with Gasteiger partial charge in [-0.25, -0.2) is 8.42 Å². The molecule has 0 aliphatic heterocycles. The van der Waals surface area contributed by atoms with Crippen LogP contribution in [-0.2, 0) is 74.0 Å². The Labute approximate surface area is 503 Å². The van der Waals surface area contributed by atoms with E-state index < -0.39 is 9.84 Å². The molecule has 20 nitrogen and oxygen atoms in total. The van der Waals surface area contributed by atoms with Crippen LogP contribution in [0.2, 0.25) is 0 Å². The van der Waals surface area contributed by atoms with Crippen LogP contribution in [0.3, 0.4) is 0 Å². The third-order valence-corrected chi connectivity index (χ3v) is 17.7. The number of benzene rings is 4. The van der Waals surface area contributed by atoms with Crippen LogP contribution < -0.4 is 20.7 Å². The van der Waals surface area contributed by atoms with Crippen molar-refractivity contribution in [1.82, 2.24) is 40.8 Å². The lowest BCUT2D eigenvalue weighted by atomic mass is 10.0. The fourth-order valence-corrected chi connectivity index (χ4v) is 12.7. The molecule has 4 heterocycles. The van der Waals surface area contributed by atoms with Crippen molar-refractivity contribution in [3.63, 3.8) is 0 Å². The third kappa shape index (κ3) is 23.5. The SMILES string of the molecule is CCCCOc1ccc(CC(=O)Nc2nnc(CCS(=O)(=O)CCc3nnc(NC(=O)Cc4ccccc4)s3)s2)cc1.O=C(CCCC(=O)c1ccccc1)Cc1nnc(CCCCc2nnc(NC(=O)CCCC(=O)c3ccccc3)s2)s1. The molecule has 0 fully saturated rings. The van der Waals surface area contributed by atoms with Crippen LogP contribution in [0, 0.1) is 0 Å². The van der Waals surface area contributed by atoms with Crippen LogP contribution in [0.25, 0.3) is 0 Å². The number of amides is 3. The molecular weight excluding hydrogens is 1170 g/mol. The zero-order valence-electron chi connectivity index (χ0n) is 46.4. The van der Waals surface area contributed by atoms with Gasteiger partial charge in [-0.2, -0.15) is 0 Å². The second-order valence-electron chi connectivity index (χ2n) is 19.3. The van der Waals surface area contributed by atoms with Gasteiger partial charge in [-0.1, -0.05) is 150 Å². The Hall–Kier alpha value is -7.71. The number of ether oxygens (including phenoxy) is 1. The van der Waals surface area contributed by atoms with E-state index in [0.717, 1.165) is 88.1 Å².